The van der Waals surface area contributed by atoms with Gasteiger partial charge in [0.15, 0.2) is 0 Å². The van der Waals surface area contributed by atoms with E-state index in [9.17, 15) is 4.79 Å². The molecule has 1 unspecified atom stereocenters. The van der Waals surface area contributed by atoms with Gasteiger partial charge >= 0.3 is 0 Å². The van der Waals surface area contributed by atoms with Crippen LogP contribution in [-0.2, 0) is 13.0 Å². The summed E-state index contributed by atoms with van der Waals surface area (Å²) >= 11 is 0. The van der Waals surface area contributed by atoms with Crippen molar-refractivity contribution in [2.24, 2.45) is 0 Å². The zero-order valence-corrected chi connectivity index (χ0v) is 11.8. The Balaban J connectivity index is 1.73. The lowest BCUT2D eigenvalue weighted by Crippen LogP contribution is -2.27. The fourth-order valence-corrected chi connectivity index (χ4v) is 2.86. The first kappa shape index (κ1) is 13.1. The van der Waals surface area contributed by atoms with E-state index in [0.29, 0.717) is 6.04 Å². The predicted molar refractivity (Wildman–Crippen MR) is 80.8 cm³/mol. The van der Waals surface area contributed by atoms with E-state index in [1.807, 2.05) is 6.07 Å². The van der Waals surface area contributed by atoms with Gasteiger partial charge in [0.2, 0.25) is 5.56 Å². The van der Waals surface area contributed by atoms with Crippen LogP contribution in [0.5, 0.6) is 0 Å². The van der Waals surface area contributed by atoms with Gasteiger partial charge < -0.3 is 10.3 Å². The molecule has 2 N–H and O–H groups in total. The average Bonchev–Trinajstić information content (AvgIpc) is 2.46. The van der Waals surface area contributed by atoms with E-state index >= 15 is 0 Å². The molecule has 2 aromatic rings. The molecule has 104 valence electrons. The van der Waals surface area contributed by atoms with Gasteiger partial charge in [0.25, 0.3) is 0 Å². The van der Waals surface area contributed by atoms with Gasteiger partial charge in [-0.1, -0.05) is 35.9 Å². The quantitative estimate of drug-likeness (QED) is 0.899. The van der Waals surface area contributed by atoms with E-state index in [2.05, 4.69) is 41.5 Å². The second-order valence-electron chi connectivity index (χ2n) is 5.57. The molecular weight excluding hydrogens is 248 g/mol. The minimum absolute atomic E-state index is 0.00272. The fraction of sp³-hybridized carbons (Fsp3) is 0.353. The Morgan fingerprint density at radius 3 is 2.80 bits per heavy atom. The first-order chi connectivity index (χ1) is 9.72. The lowest BCUT2D eigenvalue weighted by atomic mass is 9.91. The zero-order chi connectivity index (χ0) is 13.9. The highest BCUT2D eigenvalue weighted by Crippen LogP contribution is 2.27. The summed E-state index contributed by atoms with van der Waals surface area (Å²) < 4.78 is 0. The highest BCUT2D eigenvalue weighted by atomic mass is 16.1. The molecule has 0 fully saturated rings. The van der Waals surface area contributed by atoms with Crippen molar-refractivity contribution >= 4 is 0 Å². The molecule has 0 saturated carbocycles. The topological polar surface area (TPSA) is 44.9 Å². The summed E-state index contributed by atoms with van der Waals surface area (Å²) in [6.45, 7) is 2.97. The van der Waals surface area contributed by atoms with Crippen LogP contribution in [0.4, 0.5) is 0 Å². The van der Waals surface area contributed by atoms with E-state index in [1.54, 1.807) is 6.07 Å². The van der Waals surface area contributed by atoms with Crippen LogP contribution in [0.25, 0.3) is 0 Å². The second-order valence-corrected chi connectivity index (χ2v) is 5.57. The highest BCUT2D eigenvalue weighted by molar-refractivity contribution is 5.27. The average molecular weight is 268 g/mol. The van der Waals surface area contributed by atoms with Crippen LogP contribution in [-0.4, -0.2) is 4.98 Å². The summed E-state index contributed by atoms with van der Waals surface area (Å²) in [6, 6.07) is 12.6. The number of rotatable bonds is 3. The monoisotopic (exact) mass is 268 g/mol. The maximum atomic E-state index is 11.4. The van der Waals surface area contributed by atoms with Gasteiger partial charge in [-0.3, -0.25) is 4.79 Å². The van der Waals surface area contributed by atoms with Gasteiger partial charge in [-0.25, -0.2) is 0 Å². The van der Waals surface area contributed by atoms with Crippen molar-refractivity contribution < 1.29 is 0 Å². The molecule has 0 radical (unpaired) electrons. The van der Waals surface area contributed by atoms with Gasteiger partial charge in [-0.05, 0) is 37.3 Å². The second kappa shape index (κ2) is 5.63. The van der Waals surface area contributed by atoms with Crippen molar-refractivity contribution in [3.8, 4) is 0 Å². The summed E-state index contributed by atoms with van der Waals surface area (Å²) in [7, 11) is 0. The smallest absolute Gasteiger partial charge is 0.248 e. The van der Waals surface area contributed by atoms with E-state index in [0.717, 1.165) is 31.5 Å². The summed E-state index contributed by atoms with van der Waals surface area (Å²) in [6.07, 6.45) is 3.23. The number of benzene rings is 1. The van der Waals surface area contributed by atoms with Crippen molar-refractivity contribution in [2.75, 3.05) is 0 Å². The number of hydrogen-bond acceptors (Lipinski definition) is 2. The standard InChI is InChI=1S/C17H20N2O/c1-12-5-7-13(8-6-12)11-18-15-3-2-4-16-14(15)9-10-17(20)19-16/h5-10,15,18H,2-4,11H2,1H3,(H,19,20). The third kappa shape index (κ3) is 2.83. The number of nitrogens with one attached hydrogen (secondary N) is 2. The Kier molecular flexibility index (Phi) is 3.70. The molecule has 0 aliphatic heterocycles. The third-order valence-corrected chi connectivity index (χ3v) is 4.00. The predicted octanol–water partition coefficient (Wildman–Crippen LogP) is 2.85. The summed E-state index contributed by atoms with van der Waals surface area (Å²) in [5.41, 5.74) is 4.94. The SMILES string of the molecule is Cc1ccc(CNC2CCCc3[nH]c(=O)ccc32)cc1. The van der Waals surface area contributed by atoms with Crippen LogP contribution in [0.2, 0.25) is 0 Å². The highest BCUT2D eigenvalue weighted by Gasteiger charge is 2.20. The normalized spacial score (nSPS) is 17.8. The molecule has 20 heavy (non-hydrogen) atoms. The molecule has 0 bridgehead atoms. The molecule has 1 heterocycles. The molecule has 1 aliphatic carbocycles. The Morgan fingerprint density at radius 2 is 2.00 bits per heavy atom. The maximum Gasteiger partial charge on any atom is 0.248 e. The molecule has 3 nitrogen and oxygen atoms in total. The zero-order valence-electron chi connectivity index (χ0n) is 11.8. The molecule has 0 amide bonds. The summed E-state index contributed by atoms with van der Waals surface area (Å²) in [5.74, 6) is 0. The molecule has 1 aromatic heterocycles. The van der Waals surface area contributed by atoms with Crippen molar-refractivity contribution in [3.05, 3.63) is 69.1 Å². The van der Waals surface area contributed by atoms with Crippen molar-refractivity contribution in [1.82, 2.24) is 10.3 Å². The number of aromatic nitrogens is 1. The molecule has 1 aromatic carbocycles. The molecule has 0 spiro atoms. The van der Waals surface area contributed by atoms with E-state index in [1.165, 1.54) is 16.7 Å². The summed E-state index contributed by atoms with van der Waals surface area (Å²) in [4.78, 5) is 14.4. The van der Waals surface area contributed by atoms with Crippen LogP contribution < -0.4 is 10.9 Å². The Bertz CT molecular complexity index is 643. The van der Waals surface area contributed by atoms with Crippen LogP contribution in [0.15, 0.2) is 41.2 Å². The van der Waals surface area contributed by atoms with Gasteiger partial charge in [0.05, 0.1) is 0 Å². The van der Waals surface area contributed by atoms with Gasteiger partial charge in [-0.2, -0.15) is 0 Å². The number of fused-ring (bicyclic) bond motifs is 1. The third-order valence-electron chi connectivity index (χ3n) is 4.00. The van der Waals surface area contributed by atoms with E-state index < -0.39 is 0 Å². The molecule has 1 aliphatic rings. The molecule has 1 atom stereocenters. The Labute approximate surface area is 119 Å². The minimum Gasteiger partial charge on any atom is -0.326 e. The van der Waals surface area contributed by atoms with Crippen molar-refractivity contribution in [3.63, 3.8) is 0 Å². The van der Waals surface area contributed by atoms with Crippen molar-refractivity contribution in [1.29, 1.82) is 0 Å². The van der Waals surface area contributed by atoms with Crippen LogP contribution in [0.3, 0.4) is 0 Å². The number of aromatic amines is 1. The lowest BCUT2D eigenvalue weighted by Gasteiger charge is -2.26. The first-order valence-electron chi connectivity index (χ1n) is 7.23. The molecule has 0 saturated heterocycles. The Morgan fingerprint density at radius 1 is 1.20 bits per heavy atom. The van der Waals surface area contributed by atoms with Crippen LogP contribution in [0.1, 0.15) is 41.3 Å². The molecule has 3 rings (SSSR count). The lowest BCUT2D eigenvalue weighted by molar-refractivity contribution is 0.453. The molecule has 3 heteroatoms. The van der Waals surface area contributed by atoms with Gasteiger partial charge in [0.1, 0.15) is 0 Å². The number of hydrogen-bond donors (Lipinski definition) is 2. The first-order valence-corrected chi connectivity index (χ1v) is 7.23. The van der Waals surface area contributed by atoms with Crippen LogP contribution in [0, 0.1) is 6.92 Å². The fourth-order valence-electron chi connectivity index (χ4n) is 2.86. The Hall–Kier alpha value is -1.87. The van der Waals surface area contributed by atoms with Crippen molar-refractivity contribution in [2.45, 2.75) is 38.8 Å². The van der Waals surface area contributed by atoms with Gasteiger partial charge in [-0.15, -0.1) is 0 Å². The summed E-state index contributed by atoms with van der Waals surface area (Å²) in [5, 5.41) is 3.61. The largest absolute Gasteiger partial charge is 0.326 e. The number of H-pyrrole nitrogens is 1. The number of aryl methyl sites for hydroxylation is 2. The van der Waals surface area contributed by atoms with Gasteiger partial charge in [0, 0.05) is 24.3 Å². The minimum atomic E-state index is 0.00272. The maximum absolute atomic E-state index is 11.4. The molecular formula is C17H20N2O. The van der Waals surface area contributed by atoms with E-state index in [-0.39, 0.29) is 5.56 Å². The number of pyridine rings is 1. The van der Waals surface area contributed by atoms with Crippen LogP contribution >= 0.6 is 0 Å². The van der Waals surface area contributed by atoms with E-state index in [4.69, 9.17) is 0 Å².